The van der Waals surface area contributed by atoms with Gasteiger partial charge < -0.3 is 14.5 Å². The quantitative estimate of drug-likeness (QED) is 0.526. The van der Waals surface area contributed by atoms with Crippen LogP contribution in [0.15, 0.2) is 65.3 Å². The van der Waals surface area contributed by atoms with Gasteiger partial charge in [-0.1, -0.05) is 24.3 Å². The van der Waals surface area contributed by atoms with E-state index in [4.69, 9.17) is 9.15 Å². The lowest BCUT2D eigenvalue weighted by atomic mass is 10.1. The molecule has 0 radical (unpaired) electrons. The smallest absolute Gasteiger partial charge is 0.291 e. The number of nitrogens with one attached hydrogen (secondary N) is 1. The second-order valence-corrected chi connectivity index (χ2v) is 5.54. The summed E-state index contributed by atoms with van der Waals surface area (Å²) < 4.78 is 10.9. The SMILES string of the molecule is Cc1c(NC(=O)c2occc2COc2ccccc2)cccc1[N+](=O)[O-]. The predicted octanol–water partition coefficient (Wildman–Crippen LogP) is 4.33. The largest absolute Gasteiger partial charge is 0.489 e. The van der Waals surface area contributed by atoms with Crippen LogP contribution in [0.25, 0.3) is 0 Å². The number of hydrogen-bond donors (Lipinski definition) is 1. The lowest BCUT2D eigenvalue weighted by Crippen LogP contribution is -2.14. The van der Waals surface area contributed by atoms with Crippen LogP contribution in [-0.4, -0.2) is 10.8 Å². The van der Waals surface area contributed by atoms with Crippen LogP contribution >= 0.6 is 0 Å². The van der Waals surface area contributed by atoms with Crippen molar-refractivity contribution in [2.75, 3.05) is 5.32 Å². The van der Waals surface area contributed by atoms with Crippen molar-refractivity contribution in [1.82, 2.24) is 0 Å². The molecule has 1 heterocycles. The Balaban J connectivity index is 1.74. The number of rotatable bonds is 6. The highest BCUT2D eigenvalue weighted by Crippen LogP contribution is 2.26. The third-order valence-electron chi connectivity index (χ3n) is 3.84. The number of anilines is 1. The maximum atomic E-state index is 12.5. The minimum absolute atomic E-state index is 0.0603. The van der Waals surface area contributed by atoms with Gasteiger partial charge in [0.25, 0.3) is 11.6 Å². The molecule has 0 aliphatic carbocycles. The van der Waals surface area contributed by atoms with Gasteiger partial charge in [0.2, 0.25) is 0 Å². The van der Waals surface area contributed by atoms with Gasteiger partial charge in [-0.3, -0.25) is 14.9 Å². The molecule has 2 aromatic carbocycles. The number of carbonyl (C=O) groups is 1. The normalized spacial score (nSPS) is 10.3. The van der Waals surface area contributed by atoms with Crippen molar-refractivity contribution in [3.63, 3.8) is 0 Å². The Labute approximate surface area is 149 Å². The van der Waals surface area contributed by atoms with Crippen LogP contribution in [0.4, 0.5) is 11.4 Å². The maximum absolute atomic E-state index is 12.5. The minimum atomic E-state index is -0.495. The van der Waals surface area contributed by atoms with E-state index in [1.165, 1.54) is 18.4 Å². The first-order valence-corrected chi connectivity index (χ1v) is 7.86. The molecular weight excluding hydrogens is 336 g/mol. The van der Waals surface area contributed by atoms with Gasteiger partial charge in [0.1, 0.15) is 12.4 Å². The Hall–Kier alpha value is -3.61. The number of nitrogens with zero attached hydrogens (tertiary/aromatic N) is 1. The van der Waals surface area contributed by atoms with Crippen LogP contribution in [0.2, 0.25) is 0 Å². The zero-order valence-corrected chi connectivity index (χ0v) is 14.0. The number of ether oxygens (including phenoxy) is 1. The first-order valence-electron chi connectivity index (χ1n) is 7.86. The van der Waals surface area contributed by atoms with E-state index in [-0.39, 0.29) is 18.1 Å². The summed E-state index contributed by atoms with van der Waals surface area (Å²) in [6.45, 7) is 1.74. The summed E-state index contributed by atoms with van der Waals surface area (Å²) in [5.74, 6) is 0.284. The Bertz CT molecular complexity index is 934. The highest BCUT2D eigenvalue weighted by atomic mass is 16.6. The molecule has 0 saturated heterocycles. The standard InChI is InChI=1S/C19H16N2O5/c1-13-16(8-5-9-17(13)21(23)24)20-19(22)18-14(10-11-25-18)12-26-15-6-3-2-4-7-15/h2-11H,12H2,1H3,(H,20,22). The summed E-state index contributed by atoms with van der Waals surface area (Å²) in [6.07, 6.45) is 1.40. The van der Waals surface area contributed by atoms with Crippen LogP contribution in [0, 0.1) is 17.0 Å². The third-order valence-corrected chi connectivity index (χ3v) is 3.84. The van der Waals surface area contributed by atoms with Crippen LogP contribution < -0.4 is 10.1 Å². The molecule has 0 atom stereocenters. The first-order chi connectivity index (χ1) is 12.6. The summed E-state index contributed by atoms with van der Waals surface area (Å²) in [5, 5.41) is 13.7. The average molecular weight is 352 g/mol. The number of hydrogen-bond acceptors (Lipinski definition) is 5. The van der Waals surface area contributed by atoms with E-state index < -0.39 is 10.8 Å². The minimum Gasteiger partial charge on any atom is -0.489 e. The van der Waals surface area contributed by atoms with Crippen molar-refractivity contribution in [2.24, 2.45) is 0 Å². The van der Waals surface area contributed by atoms with Crippen molar-refractivity contribution in [2.45, 2.75) is 13.5 Å². The second-order valence-electron chi connectivity index (χ2n) is 5.54. The number of para-hydroxylation sites is 1. The Morgan fingerprint density at radius 2 is 1.92 bits per heavy atom. The summed E-state index contributed by atoms with van der Waals surface area (Å²) in [7, 11) is 0. The molecule has 3 aromatic rings. The van der Waals surface area contributed by atoms with Crippen molar-refractivity contribution >= 4 is 17.3 Å². The molecule has 0 aliphatic heterocycles. The Morgan fingerprint density at radius 1 is 1.15 bits per heavy atom. The van der Waals surface area contributed by atoms with Gasteiger partial charge in [-0.2, -0.15) is 0 Å². The lowest BCUT2D eigenvalue weighted by molar-refractivity contribution is -0.385. The van der Waals surface area contributed by atoms with Gasteiger partial charge in [-0.25, -0.2) is 0 Å². The molecule has 1 amide bonds. The van der Waals surface area contributed by atoms with E-state index in [9.17, 15) is 14.9 Å². The van der Waals surface area contributed by atoms with Crippen LogP contribution in [0.1, 0.15) is 21.7 Å². The summed E-state index contributed by atoms with van der Waals surface area (Å²) in [5.41, 5.74) is 1.25. The van der Waals surface area contributed by atoms with Crippen LogP contribution in [0.3, 0.4) is 0 Å². The topological polar surface area (TPSA) is 94.6 Å². The maximum Gasteiger partial charge on any atom is 0.291 e. The fourth-order valence-corrected chi connectivity index (χ4v) is 2.46. The molecular formula is C19H16N2O5. The van der Waals surface area contributed by atoms with Crippen molar-refractivity contribution in [3.05, 3.63) is 87.9 Å². The van der Waals surface area contributed by atoms with Gasteiger partial charge in [-0.05, 0) is 31.2 Å². The molecule has 1 N–H and O–H groups in total. The Morgan fingerprint density at radius 3 is 2.65 bits per heavy atom. The average Bonchev–Trinajstić information content (AvgIpc) is 3.11. The molecule has 7 heteroatoms. The third kappa shape index (κ3) is 3.72. The van der Waals surface area contributed by atoms with E-state index in [0.717, 1.165) is 0 Å². The molecule has 0 unspecified atom stereocenters. The van der Waals surface area contributed by atoms with Crippen molar-refractivity contribution < 1.29 is 18.9 Å². The lowest BCUT2D eigenvalue weighted by Gasteiger charge is -2.09. The van der Waals surface area contributed by atoms with Gasteiger partial charge in [0.05, 0.1) is 22.4 Å². The number of benzene rings is 2. The fourth-order valence-electron chi connectivity index (χ4n) is 2.46. The number of nitro benzene ring substituents is 1. The fraction of sp³-hybridized carbons (Fsp3) is 0.105. The predicted molar refractivity (Wildman–Crippen MR) is 95.3 cm³/mol. The van der Waals surface area contributed by atoms with E-state index >= 15 is 0 Å². The number of furan rings is 1. The molecule has 0 aliphatic rings. The number of carbonyl (C=O) groups excluding carboxylic acids is 1. The molecule has 0 fully saturated rings. The van der Waals surface area contributed by atoms with E-state index in [1.807, 2.05) is 30.3 Å². The first kappa shape index (κ1) is 17.2. The van der Waals surface area contributed by atoms with E-state index in [2.05, 4.69) is 5.32 Å². The summed E-state index contributed by atoms with van der Waals surface area (Å²) in [6, 6.07) is 15.4. The van der Waals surface area contributed by atoms with Gasteiger partial charge in [0, 0.05) is 11.6 Å². The van der Waals surface area contributed by atoms with Crippen molar-refractivity contribution in [1.29, 1.82) is 0 Å². The number of nitro groups is 1. The molecule has 7 nitrogen and oxygen atoms in total. The van der Waals surface area contributed by atoms with E-state index in [0.29, 0.717) is 22.6 Å². The summed E-state index contributed by atoms with van der Waals surface area (Å²) in [4.78, 5) is 23.0. The molecule has 0 saturated carbocycles. The highest BCUT2D eigenvalue weighted by Gasteiger charge is 2.19. The second kappa shape index (κ2) is 7.52. The zero-order chi connectivity index (χ0) is 18.5. The van der Waals surface area contributed by atoms with Crippen molar-refractivity contribution in [3.8, 4) is 5.75 Å². The van der Waals surface area contributed by atoms with Gasteiger partial charge >= 0.3 is 0 Å². The molecule has 132 valence electrons. The molecule has 0 bridgehead atoms. The molecule has 26 heavy (non-hydrogen) atoms. The zero-order valence-electron chi connectivity index (χ0n) is 14.0. The van der Waals surface area contributed by atoms with Gasteiger partial charge in [-0.15, -0.1) is 0 Å². The molecule has 0 spiro atoms. The van der Waals surface area contributed by atoms with Crippen LogP contribution in [-0.2, 0) is 6.61 Å². The highest BCUT2D eigenvalue weighted by molar-refractivity contribution is 6.03. The van der Waals surface area contributed by atoms with Crippen LogP contribution in [0.5, 0.6) is 5.75 Å². The monoisotopic (exact) mass is 352 g/mol. The number of amides is 1. The Kier molecular flexibility index (Phi) is 4.98. The van der Waals surface area contributed by atoms with Gasteiger partial charge in [0.15, 0.2) is 5.76 Å². The molecule has 1 aromatic heterocycles. The van der Waals surface area contributed by atoms with E-state index in [1.54, 1.807) is 19.1 Å². The summed E-state index contributed by atoms with van der Waals surface area (Å²) >= 11 is 0. The molecule has 3 rings (SSSR count).